The summed E-state index contributed by atoms with van der Waals surface area (Å²) < 4.78 is 1.50. The van der Waals surface area contributed by atoms with Crippen LogP contribution in [0.3, 0.4) is 0 Å². The second kappa shape index (κ2) is 10.1. The molecule has 0 unspecified atom stereocenters. The summed E-state index contributed by atoms with van der Waals surface area (Å²) in [7, 11) is 0. The lowest BCUT2D eigenvalue weighted by Gasteiger charge is -2.32. The highest BCUT2D eigenvalue weighted by Gasteiger charge is 2.34. The third-order valence-electron chi connectivity index (χ3n) is 6.60. The molecule has 184 valence electrons. The Hall–Kier alpha value is -3.39. The van der Waals surface area contributed by atoms with E-state index in [-0.39, 0.29) is 34.4 Å². The maximum absolute atomic E-state index is 13.5. The fourth-order valence-corrected chi connectivity index (χ4v) is 4.67. The third kappa shape index (κ3) is 5.17. The van der Waals surface area contributed by atoms with Gasteiger partial charge in [0.1, 0.15) is 5.56 Å². The molecule has 3 aromatic rings. The predicted octanol–water partition coefficient (Wildman–Crippen LogP) is 5.44. The molecule has 2 aromatic heterocycles. The second-order valence-electron chi connectivity index (χ2n) is 9.53. The van der Waals surface area contributed by atoms with Crippen molar-refractivity contribution in [1.82, 2.24) is 14.8 Å². The monoisotopic (exact) mass is 495 g/mol. The van der Waals surface area contributed by atoms with Crippen LogP contribution >= 0.6 is 11.6 Å². The Morgan fingerprint density at radius 2 is 1.80 bits per heavy atom. The zero-order valence-corrected chi connectivity index (χ0v) is 20.9. The minimum absolute atomic E-state index is 0.00465. The Morgan fingerprint density at radius 1 is 1.14 bits per heavy atom. The van der Waals surface area contributed by atoms with Crippen molar-refractivity contribution in [3.63, 3.8) is 0 Å². The van der Waals surface area contributed by atoms with Gasteiger partial charge >= 0.3 is 5.97 Å². The summed E-state index contributed by atoms with van der Waals surface area (Å²) in [5, 5.41) is 14.7. The first kappa shape index (κ1) is 24.7. The summed E-state index contributed by atoms with van der Waals surface area (Å²) in [6, 6.07) is 8.91. The van der Waals surface area contributed by atoms with E-state index in [1.807, 2.05) is 38.1 Å². The third-order valence-corrected chi connectivity index (χ3v) is 6.92. The molecule has 0 radical (unpaired) electrons. The van der Waals surface area contributed by atoms with E-state index in [2.05, 4.69) is 17.0 Å². The lowest BCUT2D eigenvalue weighted by Crippen LogP contribution is -2.43. The van der Waals surface area contributed by atoms with Gasteiger partial charge in [0.2, 0.25) is 5.91 Å². The van der Waals surface area contributed by atoms with Crippen LogP contribution in [0.15, 0.2) is 42.7 Å². The van der Waals surface area contributed by atoms with Crippen molar-refractivity contribution in [3.8, 4) is 16.8 Å². The van der Waals surface area contributed by atoms with E-state index < -0.39 is 5.97 Å². The van der Waals surface area contributed by atoms with Crippen LogP contribution in [-0.4, -0.2) is 37.8 Å². The standard InChI is InChI=1S/C26H30ClN5O3/c1-15(2)32(25(33)18-6-4-16(3)5-7-18)24-21(26(34)35)14-31(30-24)20-10-8-17(9-11-20)19-12-22(28)23(27)29-13-19/h8-16,18H,4-7,28H2,1-3H3,(H,34,35)/t16-,18-. The van der Waals surface area contributed by atoms with E-state index in [0.29, 0.717) is 17.3 Å². The number of nitrogens with two attached hydrogens (primary N) is 1. The molecule has 8 nitrogen and oxygen atoms in total. The van der Waals surface area contributed by atoms with E-state index in [4.69, 9.17) is 17.3 Å². The van der Waals surface area contributed by atoms with Gasteiger partial charge in [-0.3, -0.25) is 9.69 Å². The SMILES string of the molecule is CC(C)N(c1nn(-c2ccc(-c3cnc(Cl)c(N)c3)cc2)cc1C(=O)O)C(=O)[C@H]1CC[C@H](C)CC1. The van der Waals surface area contributed by atoms with E-state index in [1.54, 1.807) is 17.2 Å². The fourth-order valence-electron chi connectivity index (χ4n) is 4.56. The summed E-state index contributed by atoms with van der Waals surface area (Å²) in [5.41, 5.74) is 8.61. The van der Waals surface area contributed by atoms with Gasteiger partial charge in [-0.05, 0) is 69.2 Å². The molecular weight excluding hydrogens is 466 g/mol. The molecule has 0 bridgehead atoms. The molecule has 0 atom stereocenters. The van der Waals surface area contributed by atoms with E-state index in [1.165, 1.54) is 10.9 Å². The molecule has 0 aliphatic heterocycles. The molecule has 1 saturated carbocycles. The van der Waals surface area contributed by atoms with Crippen molar-refractivity contribution in [2.45, 2.75) is 52.5 Å². The zero-order chi connectivity index (χ0) is 25.3. The van der Waals surface area contributed by atoms with Crippen LogP contribution in [0, 0.1) is 11.8 Å². The average Bonchev–Trinajstić information content (AvgIpc) is 3.26. The van der Waals surface area contributed by atoms with E-state index in [0.717, 1.165) is 36.8 Å². The van der Waals surface area contributed by atoms with Crippen LogP contribution in [-0.2, 0) is 4.79 Å². The lowest BCUT2D eigenvalue weighted by atomic mass is 9.82. The van der Waals surface area contributed by atoms with Gasteiger partial charge in [0.15, 0.2) is 11.0 Å². The summed E-state index contributed by atoms with van der Waals surface area (Å²) in [6.45, 7) is 5.97. The van der Waals surface area contributed by atoms with Crippen molar-refractivity contribution < 1.29 is 14.7 Å². The predicted molar refractivity (Wildman–Crippen MR) is 137 cm³/mol. The number of amides is 1. The zero-order valence-electron chi connectivity index (χ0n) is 20.1. The quantitative estimate of drug-likeness (QED) is 0.440. The van der Waals surface area contributed by atoms with E-state index >= 15 is 0 Å². The normalized spacial score (nSPS) is 18.0. The number of anilines is 2. The van der Waals surface area contributed by atoms with Gasteiger partial charge in [0.25, 0.3) is 0 Å². The number of nitrogen functional groups attached to an aromatic ring is 1. The van der Waals surface area contributed by atoms with Gasteiger partial charge in [0.05, 0.1) is 11.4 Å². The average molecular weight is 496 g/mol. The summed E-state index contributed by atoms with van der Waals surface area (Å²) in [6.07, 6.45) is 6.74. The van der Waals surface area contributed by atoms with Crippen molar-refractivity contribution in [2.75, 3.05) is 10.6 Å². The van der Waals surface area contributed by atoms with Gasteiger partial charge in [-0.25, -0.2) is 14.5 Å². The molecule has 1 fully saturated rings. The number of hydrogen-bond acceptors (Lipinski definition) is 5. The molecule has 2 heterocycles. The van der Waals surface area contributed by atoms with Crippen LogP contribution in [0.1, 0.15) is 56.8 Å². The Morgan fingerprint density at radius 3 is 2.37 bits per heavy atom. The number of carboxylic acids is 1. The largest absolute Gasteiger partial charge is 0.477 e. The first-order valence-corrected chi connectivity index (χ1v) is 12.2. The maximum atomic E-state index is 13.5. The summed E-state index contributed by atoms with van der Waals surface area (Å²) in [4.78, 5) is 31.2. The minimum Gasteiger partial charge on any atom is -0.477 e. The van der Waals surface area contributed by atoms with Crippen molar-refractivity contribution >= 4 is 35.0 Å². The number of carboxylic acid groups (broad SMARTS) is 1. The van der Waals surface area contributed by atoms with E-state index in [9.17, 15) is 14.7 Å². The van der Waals surface area contributed by atoms with Crippen LogP contribution < -0.4 is 10.6 Å². The Kier molecular flexibility index (Phi) is 7.12. The van der Waals surface area contributed by atoms with Crippen LogP contribution in [0.2, 0.25) is 5.15 Å². The van der Waals surface area contributed by atoms with Gasteiger partial charge in [-0.15, -0.1) is 5.10 Å². The number of carbonyl (C=O) groups excluding carboxylic acids is 1. The first-order valence-electron chi connectivity index (χ1n) is 11.8. The van der Waals surface area contributed by atoms with Crippen LogP contribution in [0.4, 0.5) is 11.5 Å². The van der Waals surface area contributed by atoms with Crippen molar-refractivity contribution in [2.24, 2.45) is 11.8 Å². The van der Waals surface area contributed by atoms with Gasteiger partial charge < -0.3 is 10.8 Å². The number of halogens is 1. The topological polar surface area (TPSA) is 114 Å². The van der Waals surface area contributed by atoms with Gasteiger partial charge in [-0.1, -0.05) is 30.7 Å². The molecule has 0 spiro atoms. The molecule has 0 saturated heterocycles. The minimum atomic E-state index is -1.12. The van der Waals surface area contributed by atoms with Crippen molar-refractivity contribution in [1.29, 1.82) is 0 Å². The number of benzene rings is 1. The first-order chi connectivity index (χ1) is 16.7. The highest BCUT2D eigenvalue weighted by molar-refractivity contribution is 6.31. The molecule has 1 aromatic carbocycles. The molecule has 3 N–H and O–H groups in total. The summed E-state index contributed by atoms with van der Waals surface area (Å²) in [5.74, 6) is -0.498. The molecule has 1 aliphatic carbocycles. The molecule has 9 heteroatoms. The Bertz CT molecular complexity index is 1230. The number of aromatic nitrogens is 3. The highest BCUT2D eigenvalue weighted by atomic mass is 35.5. The summed E-state index contributed by atoms with van der Waals surface area (Å²) >= 11 is 5.92. The van der Waals surface area contributed by atoms with Gasteiger partial charge in [0, 0.05) is 29.9 Å². The highest BCUT2D eigenvalue weighted by Crippen LogP contribution is 2.33. The number of aromatic carboxylic acids is 1. The lowest BCUT2D eigenvalue weighted by molar-refractivity contribution is -0.123. The molecule has 35 heavy (non-hydrogen) atoms. The number of nitrogens with zero attached hydrogens (tertiary/aromatic N) is 4. The fraction of sp³-hybridized carbons (Fsp3) is 0.385. The molecule has 4 rings (SSSR count). The Labute approximate surface area is 209 Å². The van der Waals surface area contributed by atoms with Gasteiger partial charge in [-0.2, -0.15) is 0 Å². The number of rotatable bonds is 6. The Balaban J connectivity index is 1.66. The maximum Gasteiger partial charge on any atom is 0.341 e. The number of pyridine rings is 1. The molecule has 1 aliphatic rings. The number of carbonyl (C=O) groups is 2. The number of hydrogen-bond donors (Lipinski definition) is 2. The molecule has 1 amide bonds. The van der Waals surface area contributed by atoms with Crippen molar-refractivity contribution in [3.05, 3.63) is 53.4 Å². The van der Waals surface area contributed by atoms with Crippen LogP contribution in [0.5, 0.6) is 0 Å². The molecular formula is C26H30ClN5O3. The second-order valence-corrected chi connectivity index (χ2v) is 9.88. The van der Waals surface area contributed by atoms with Crippen LogP contribution in [0.25, 0.3) is 16.8 Å². The smallest absolute Gasteiger partial charge is 0.341 e.